The average Bonchev–Trinajstić information content (AvgIpc) is 2.59. The molecule has 0 heterocycles. The van der Waals surface area contributed by atoms with Gasteiger partial charge in [0, 0.05) is 0 Å². The van der Waals surface area contributed by atoms with E-state index in [1.54, 1.807) is 24.3 Å². The molecular weight excluding hydrogens is 308 g/mol. The molecule has 0 saturated carbocycles. The summed E-state index contributed by atoms with van der Waals surface area (Å²) in [5, 5.41) is 49.5. The summed E-state index contributed by atoms with van der Waals surface area (Å²) in [7, 11) is 0. The Morgan fingerprint density at radius 2 is 1.12 bits per heavy atom. The van der Waals surface area contributed by atoms with Crippen molar-refractivity contribution in [2.24, 2.45) is 0 Å². The molecule has 24 heavy (non-hydrogen) atoms. The zero-order chi connectivity index (χ0) is 17.4. The summed E-state index contributed by atoms with van der Waals surface area (Å²) in [6.07, 6.45) is 0. The topological polar surface area (TPSA) is 101 Å². The number of hydrogen-bond donors (Lipinski definition) is 5. The molecule has 5 nitrogen and oxygen atoms in total. The molecule has 0 amide bonds. The first kappa shape index (κ1) is 15.6. The predicted molar refractivity (Wildman–Crippen MR) is 90.4 cm³/mol. The summed E-state index contributed by atoms with van der Waals surface area (Å²) in [6, 6.07) is 14.6. The van der Waals surface area contributed by atoms with Gasteiger partial charge in [0.1, 0.15) is 0 Å². The lowest BCUT2D eigenvalue weighted by Gasteiger charge is -2.16. The Labute approximate surface area is 138 Å². The third-order valence-corrected chi connectivity index (χ3v) is 3.90. The van der Waals surface area contributed by atoms with E-state index in [0.717, 1.165) is 11.1 Å². The van der Waals surface area contributed by atoms with Crippen LogP contribution in [0.25, 0.3) is 22.3 Å². The van der Waals surface area contributed by atoms with E-state index >= 15 is 0 Å². The number of aryl methyl sites for hydroxylation is 1. The molecule has 0 aliphatic heterocycles. The number of phenolic OH excluding ortho intramolecular Hbond substituents is 5. The van der Waals surface area contributed by atoms with Gasteiger partial charge in [0.25, 0.3) is 0 Å². The Morgan fingerprint density at radius 1 is 0.583 bits per heavy atom. The lowest BCUT2D eigenvalue weighted by molar-refractivity contribution is 0.330. The van der Waals surface area contributed by atoms with Gasteiger partial charge in [-0.15, -0.1) is 0 Å². The number of hydrogen-bond acceptors (Lipinski definition) is 5. The molecule has 0 spiro atoms. The molecule has 0 unspecified atom stereocenters. The molecule has 122 valence electrons. The van der Waals surface area contributed by atoms with Crippen LogP contribution in [-0.2, 0) is 0 Å². The fourth-order valence-electron chi connectivity index (χ4n) is 2.71. The van der Waals surface area contributed by atoms with Gasteiger partial charge in [-0.1, -0.05) is 54.1 Å². The smallest absolute Gasteiger partial charge is 0.208 e. The second-order valence-electron chi connectivity index (χ2n) is 5.53. The Kier molecular flexibility index (Phi) is 3.69. The molecule has 0 bridgehead atoms. The summed E-state index contributed by atoms with van der Waals surface area (Å²) < 4.78 is 0. The van der Waals surface area contributed by atoms with Crippen LogP contribution in [0.2, 0.25) is 0 Å². The van der Waals surface area contributed by atoms with Crippen LogP contribution in [-0.4, -0.2) is 25.5 Å². The number of aromatic hydroxyl groups is 5. The minimum atomic E-state index is -0.971. The minimum Gasteiger partial charge on any atom is -0.504 e. The van der Waals surface area contributed by atoms with Crippen LogP contribution in [0.5, 0.6) is 28.7 Å². The quantitative estimate of drug-likeness (QED) is 0.364. The summed E-state index contributed by atoms with van der Waals surface area (Å²) in [6.45, 7) is 1.94. The van der Waals surface area contributed by atoms with Crippen LogP contribution in [0.15, 0.2) is 48.5 Å². The van der Waals surface area contributed by atoms with Gasteiger partial charge in [0.15, 0.2) is 11.5 Å². The second-order valence-corrected chi connectivity index (χ2v) is 5.53. The number of phenols is 5. The Hall–Kier alpha value is -3.34. The van der Waals surface area contributed by atoms with Gasteiger partial charge in [-0.2, -0.15) is 0 Å². The van der Waals surface area contributed by atoms with Crippen molar-refractivity contribution in [3.8, 4) is 51.0 Å². The molecule has 0 saturated heterocycles. The van der Waals surface area contributed by atoms with Crippen LogP contribution < -0.4 is 0 Å². The maximum absolute atomic E-state index is 10.2. The minimum absolute atomic E-state index is 0.153. The monoisotopic (exact) mass is 324 g/mol. The first-order valence-corrected chi connectivity index (χ1v) is 7.27. The van der Waals surface area contributed by atoms with Crippen LogP contribution >= 0.6 is 0 Å². The SMILES string of the molecule is Cc1cccc(-c2ccccc2-c2c(O)c(O)c(O)c(O)c2O)c1. The van der Waals surface area contributed by atoms with Gasteiger partial charge in [0.2, 0.25) is 17.2 Å². The Bertz CT molecular complexity index is 902. The molecule has 5 N–H and O–H groups in total. The lowest BCUT2D eigenvalue weighted by atomic mass is 9.92. The zero-order valence-corrected chi connectivity index (χ0v) is 12.9. The van der Waals surface area contributed by atoms with Gasteiger partial charge in [-0.3, -0.25) is 0 Å². The van der Waals surface area contributed by atoms with E-state index in [1.807, 2.05) is 31.2 Å². The van der Waals surface area contributed by atoms with Crippen molar-refractivity contribution in [3.05, 3.63) is 54.1 Å². The molecule has 0 radical (unpaired) electrons. The molecule has 5 heteroatoms. The van der Waals surface area contributed by atoms with Crippen LogP contribution in [0.4, 0.5) is 0 Å². The molecule has 3 aromatic rings. The first-order valence-electron chi connectivity index (χ1n) is 7.27. The molecule has 0 aliphatic carbocycles. The molecule has 0 fully saturated rings. The van der Waals surface area contributed by atoms with Crippen molar-refractivity contribution >= 4 is 0 Å². The van der Waals surface area contributed by atoms with Crippen molar-refractivity contribution in [1.82, 2.24) is 0 Å². The van der Waals surface area contributed by atoms with Crippen LogP contribution in [0, 0.1) is 6.92 Å². The van der Waals surface area contributed by atoms with E-state index in [4.69, 9.17) is 0 Å². The average molecular weight is 324 g/mol. The molecule has 0 aromatic heterocycles. The standard InChI is InChI=1S/C19H16O5/c1-10-5-4-6-11(9-10)12-7-2-3-8-13(12)14-15(20)17(22)19(24)18(23)16(14)21/h2-9,20-24H,1H3. The summed E-state index contributed by atoms with van der Waals surface area (Å²) >= 11 is 0. The molecule has 0 aliphatic rings. The maximum atomic E-state index is 10.2. The van der Waals surface area contributed by atoms with E-state index in [1.165, 1.54) is 0 Å². The fraction of sp³-hybridized carbons (Fsp3) is 0.0526. The first-order chi connectivity index (χ1) is 11.4. The summed E-state index contributed by atoms with van der Waals surface area (Å²) in [5.41, 5.74) is 2.82. The van der Waals surface area contributed by atoms with Gasteiger partial charge in [0.05, 0.1) is 5.56 Å². The van der Waals surface area contributed by atoms with Crippen molar-refractivity contribution in [3.63, 3.8) is 0 Å². The highest BCUT2D eigenvalue weighted by molar-refractivity contribution is 5.92. The maximum Gasteiger partial charge on any atom is 0.208 e. The van der Waals surface area contributed by atoms with E-state index in [2.05, 4.69) is 0 Å². The predicted octanol–water partition coefficient (Wildman–Crippen LogP) is 3.86. The summed E-state index contributed by atoms with van der Waals surface area (Å²) in [5.74, 6) is -4.16. The zero-order valence-electron chi connectivity index (χ0n) is 12.9. The largest absolute Gasteiger partial charge is 0.504 e. The van der Waals surface area contributed by atoms with Crippen molar-refractivity contribution in [2.45, 2.75) is 6.92 Å². The third kappa shape index (κ3) is 2.36. The van der Waals surface area contributed by atoms with Gasteiger partial charge < -0.3 is 25.5 Å². The molecule has 3 aromatic carbocycles. The highest BCUT2D eigenvalue weighted by Gasteiger charge is 2.25. The van der Waals surface area contributed by atoms with Crippen LogP contribution in [0.1, 0.15) is 5.56 Å². The van der Waals surface area contributed by atoms with Crippen molar-refractivity contribution in [1.29, 1.82) is 0 Å². The molecule has 0 atom stereocenters. The number of benzene rings is 3. The van der Waals surface area contributed by atoms with E-state index in [9.17, 15) is 25.5 Å². The van der Waals surface area contributed by atoms with Crippen molar-refractivity contribution < 1.29 is 25.5 Å². The van der Waals surface area contributed by atoms with Gasteiger partial charge in [-0.25, -0.2) is 0 Å². The number of rotatable bonds is 2. The van der Waals surface area contributed by atoms with Gasteiger partial charge in [-0.05, 0) is 23.6 Å². The fourth-order valence-corrected chi connectivity index (χ4v) is 2.71. The van der Waals surface area contributed by atoms with E-state index in [0.29, 0.717) is 11.1 Å². The van der Waals surface area contributed by atoms with Crippen molar-refractivity contribution in [2.75, 3.05) is 0 Å². The molecule has 3 rings (SSSR count). The lowest BCUT2D eigenvalue weighted by Crippen LogP contribution is -1.89. The Balaban J connectivity index is 2.34. The van der Waals surface area contributed by atoms with E-state index in [-0.39, 0.29) is 5.56 Å². The van der Waals surface area contributed by atoms with Gasteiger partial charge >= 0.3 is 0 Å². The third-order valence-electron chi connectivity index (χ3n) is 3.90. The summed E-state index contributed by atoms with van der Waals surface area (Å²) in [4.78, 5) is 0. The highest BCUT2D eigenvalue weighted by atomic mass is 16.4. The van der Waals surface area contributed by atoms with Crippen LogP contribution in [0.3, 0.4) is 0 Å². The normalized spacial score (nSPS) is 10.7. The highest BCUT2D eigenvalue weighted by Crippen LogP contribution is 2.55. The Morgan fingerprint density at radius 3 is 1.71 bits per heavy atom. The molecular formula is C19H16O5. The van der Waals surface area contributed by atoms with E-state index < -0.39 is 28.7 Å². The second kappa shape index (κ2) is 5.70.